The minimum atomic E-state index is -0.258. The first kappa shape index (κ1) is 13.6. The molecule has 2 N–H and O–H groups in total. The van der Waals surface area contributed by atoms with Crippen LogP contribution in [0.25, 0.3) is 0 Å². The number of halogens is 2. The van der Waals surface area contributed by atoms with E-state index in [0.717, 1.165) is 6.42 Å². The van der Waals surface area contributed by atoms with Crippen LogP contribution < -0.4 is 0 Å². The Morgan fingerprint density at radius 3 is 2.89 bits per heavy atom. The minimum absolute atomic E-state index is 0.0784. The van der Waals surface area contributed by atoms with Gasteiger partial charge in [0, 0.05) is 30.1 Å². The predicted molar refractivity (Wildman–Crippen MR) is 71.9 cm³/mol. The monoisotopic (exact) mass is 333 g/mol. The molecule has 6 heteroatoms. The van der Waals surface area contributed by atoms with Gasteiger partial charge in [-0.3, -0.25) is 4.79 Å². The summed E-state index contributed by atoms with van der Waals surface area (Å²) in [5.41, 5.74) is 0.188. The highest BCUT2D eigenvalue weighted by atomic mass is 79.9. The number of carbonyl (C=O) groups is 1. The number of aliphatic hydroxyl groups excluding tert-OH is 1. The van der Waals surface area contributed by atoms with Gasteiger partial charge in [-0.2, -0.15) is 0 Å². The Hall–Kier alpha value is -0.780. The third kappa shape index (κ3) is 2.63. The van der Waals surface area contributed by atoms with E-state index in [1.54, 1.807) is 11.0 Å². The number of amides is 1. The molecule has 0 bridgehead atoms. The molecule has 1 aliphatic heterocycles. The van der Waals surface area contributed by atoms with Crippen molar-refractivity contribution in [3.63, 3.8) is 0 Å². The van der Waals surface area contributed by atoms with Gasteiger partial charge < -0.3 is 15.1 Å². The summed E-state index contributed by atoms with van der Waals surface area (Å²) in [6.45, 7) is 1.18. The van der Waals surface area contributed by atoms with Crippen molar-refractivity contribution in [1.29, 1.82) is 0 Å². The number of phenols is 1. The van der Waals surface area contributed by atoms with Crippen LogP contribution in [0.15, 0.2) is 16.6 Å². The highest BCUT2D eigenvalue weighted by molar-refractivity contribution is 9.10. The fraction of sp³-hybridized carbons (Fsp3) is 0.417. The third-order valence-corrected chi connectivity index (χ3v) is 3.84. The maximum absolute atomic E-state index is 12.2. The summed E-state index contributed by atoms with van der Waals surface area (Å²) >= 11 is 9.08. The topological polar surface area (TPSA) is 60.8 Å². The predicted octanol–water partition coefficient (Wildman–Crippen LogP) is 2.26. The van der Waals surface area contributed by atoms with E-state index in [2.05, 4.69) is 15.9 Å². The normalized spacial score (nSPS) is 19.3. The molecule has 1 atom stereocenters. The minimum Gasteiger partial charge on any atom is -0.506 e. The number of likely N-dealkylation sites (tertiary alicyclic amines) is 1. The molecular formula is C12H13BrClNO3. The molecule has 0 radical (unpaired) electrons. The average Bonchev–Trinajstić information content (AvgIpc) is 2.81. The standard InChI is InChI=1S/C12H13BrClNO3/c13-8-3-9(11(17)10(14)4-8)12(18)15-2-1-7(5-15)6-16/h3-4,7,16-17H,1-2,5-6H2. The molecule has 0 aromatic heterocycles. The molecule has 1 aromatic rings. The summed E-state index contributed by atoms with van der Waals surface area (Å²) in [7, 11) is 0. The summed E-state index contributed by atoms with van der Waals surface area (Å²) in [5, 5.41) is 19.0. The SMILES string of the molecule is O=C(c1cc(Br)cc(Cl)c1O)N1CCC(CO)C1. The average molecular weight is 335 g/mol. The molecule has 1 heterocycles. The first-order valence-corrected chi connectivity index (χ1v) is 6.78. The second kappa shape index (κ2) is 5.47. The van der Waals surface area contributed by atoms with E-state index in [1.807, 2.05) is 0 Å². The van der Waals surface area contributed by atoms with Crippen LogP contribution >= 0.6 is 27.5 Å². The summed E-state index contributed by atoms with van der Waals surface area (Å²) in [6.07, 6.45) is 0.782. The van der Waals surface area contributed by atoms with E-state index in [4.69, 9.17) is 16.7 Å². The summed E-state index contributed by atoms with van der Waals surface area (Å²) in [6, 6.07) is 3.09. The van der Waals surface area contributed by atoms with Gasteiger partial charge in [-0.25, -0.2) is 0 Å². The number of nitrogens with zero attached hydrogens (tertiary/aromatic N) is 1. The van der Waals surface area contributed by atoms with Gasteiger partial charge >= 0.3 is 0 Å². The fourth-order valence-electron chi connectivity index (χ4n) is 2.07. The molecule has 4 nitrogen and oxygen atoms in total. The van der Waals surface area contributed by atoms with Gasteiger partial charge in [0.1, 0.15) is 5.75 Å². The number of aromatic hydroxyl groups is 1. The molecule has 1 fully saturated rings. The molecule has 1 aliphatic rings. The van der Waals surface area contributed by atoms with Gasteiger partial charge in [-0.1, -0.05) is 27.5 Å². The number of hydrogen-bond donors (Lipinski definition) is 2. The molecule has 98 valence electrons. The van der Waals surface area contributed by atoms with Crippen LogP contribution in [0.4, 0.5) is 0 Å². The van der Waals surface area contributed by atoms with Crippen LogP contribution in [-0.4, -0.2) is 40.7 Å². The maximum atomic E-state index is 12.2. The van der Waals surface area contributed by atoms with E-state index in [9.17, 15) is 9.90 Å². The molecule has 2 rings (SSSR count). The van der Waals surface area contributed by atoms with E-state index in [0.29, 0.717) is 17.6 Å². The van der Waals surface area contributed by atoms with Gasteiger partial charge in [-0.05, 0) is 18.6 Å². The van der Waals surface area contributed by atoms with Crippen molar-refractivity contribution >= 4 is 33.4 Å². The van der Waals surface area contributed by atoms with Crippen LogP contribution in [-0.2, 0) is 0 Å². The zero-order valence-corrected chi connectivity index (χ0v) is 11.9. The number of rotatable bonds is 2. The highest BCUT2D eigenvalue weighted by Gasteiger charge is 2.28. The molecule has 0 saturated carbocycles. The van der Waals surface area contributed by atoms with Gasteiger partial charge in [0.15, 0.2) is 0 Å². The van der Waals surface area contributed by atoms with Crippen molar-refractivity contribution in [1.82, 2.24) is 4.90 Å². The van der Waals surface area contributed by atoms with Crippen LogP contribution in [0.2, 0.25) is 5.02 Å². The van der Waals surface area contributed by atoms with E-state index in [-0.39, 0.29) is 34.8 Å². The molecule has 0 spiro atoms. The lowest BCUT2D eigenvalue weighted by atomic mass is 10.1. The Bertz CT molecular complexity index is 481. The zero-order valence-electron chi connectivity index (χ0n) is 9.57. The summed E-state index contributed by atoms with van der Waals surface area (Å²) in [5.74, 6) is -0.331. The number of carbonyl (C=O) groups excluding carboxylic acids is 1. The smallest absolute Gasteiger partial charge is 0.257 e. The molecule has 1 aromatic carbocycles. The third-order valence-electron chi connectivity index (χ3n) is 3.09. The quantitative estimate of drug-likeness (QED) is 0.872. The van der Waals surface area contributed by atoms with Crippen LogP contribution in [0.3, 0.4) is 0 Å². The van der Waals surface area contributed by atoms with Crippen molar-refractivity contribution in [2.75, 3.05) is 19.7 Å². The lowest BCUT2D eigenvalue weighted by molar-refractivity contribution is 0.0779. The first-order valence-electron chi connectivity index (χ1n) is 5.61. The molecule has 0 aliphatic carbocycles. The second-order valence-electron chi connectivity index (χ2n) is 4.37. The molecule has 18 heavy (non-hydrogen) atoms. The summed E-state index contributed by atoms with van der Waals surface area (Å²) < 4.78 is 0.645. The lowest BCUT2D eigenvalue weighted by Gasteiger charge is -2.17. The Labute approximate surface area is 118 Å². The Kier molecular flexibility index (Phi) is 4.14. The molecule has 1 saturated heterocycles. The van der Waals surface area contributed by atoms with Crippen LogP contribution in [0.5, 0.6) is 5.75 Å². The Balaban J connectivity index is 2.24. The van der Waals surface area contributed by atoms with Gasteiger partial charge in [0.25, 0.3) is 5.91 Å². The molecule has 1 unspecified atom stereocenters. The second-order valence-corrected chi connectivity index (χ2v) is 5.70. The number of hydrogen-bond acceptors (Lipinski definition) is 3. The Morgan fingerprint density at radius 1 is 1.56 bits per heavy atom. The van der Waals surface area contributed by atoms with Crippen LogP contribution in [0.1, 0.15) is 16.8 Å². The zero-order chi connectivity index (χ0) is 13.3. The van der Waals surface area contributed by atoms with Crippen LogP contribution in [0, 0.1) is 5.92 Å². The number of phenolic OH excluding ortho intramolecular Hbond substituents is 1. The van der Waals surface area contributed by atoms with E-state index in [1.165, 1.54) is 6.07 Å². The highest BCUT2D eigenvalue weighted by Crippen LogP contribution is 2.33. The van der Waals surface area contributed by atoms with E-state index < -0.39 is 0 Å². The van der Waals surface area contributed by atoms with Crippen molar-refractivity contribution in [2.24, 2.45) is 5.92 Å². The number of benzene rings is 1. The summed E-state index contributed by atoms with van der Waals surface area (Å²) in [4.78, 5) is 13.9. The lowest BCUT2D eigenvalue weighted by Crippen LogP contribution is -2.29. The van der Waals surface area contributed by atoms with Crippen molar-refractivity contribution in [3.05, 3.63) is 27.2 Å². The number of aliphatic hydroxyl groups is 1. The maximum Gasteiger partial charge on any atom is 0.257 e. The van der Waals surface area contributed by atoms with Crippen molar-refractivity contribution < 1.29 is 15.0 Å². The molecular weight excluding hydrogens is 321 g/mol. The van der Waals surface area contributed by atoms with Gasteiger partial charge in [0.2, 0.25) is 0 Å². The van der Waals surface area contributed by atoms with Crippen molar-refractivity contribution in [3.8, 4) is 5.75 Å². The van der Waals surface area contributed by atoms with Gasteiger partial charge in [-0.15, -0.1) is 0 Å². The fourth-order valence-corrected chi connectivity index (χ4v) is 2.87. The first-order chi connectivity index (χ1) is 8.52. The molecule has 1 amide bonds. The van der Waals surface area contributed by atoms with E-state index >= 15 is 0 Å². The van der Waals surface area contributed by atoms with Gasteiger partial charge in [0.05, 0.1) is 10.6 Å². The van der Waals surface area contributed by atoms with Crippen molar-refractivity contribution in [2.45, 2.75) is 6.42 Å². The Morgan fingerprint density at radius 2 is 2.28 bits per heavy atom. The largest absolute Gasteiger partial charge is 0.506 e.